The highest BCUT2D eigenvalue weighted by molar-refractivity contribution is 5.93. The van der Waals surface area contributed by atoms with Crippen molar-refractivity contribution in [2.45, 2.75) is 13.5 Å². The fourth-order valence-corrected chi connectivity index (χ4v) is 2.44. The monoisotopic (exact) mass is 325 g/mol. The molecule has 0 spiro atoms. The van der Waals surface area contributed by atoms with Crippen LogP contribution in [0.25, 0.3) is 11.5 Å². The summed E-state index contributed by atoms with van der Waals surface area (Å²) in [7, 11) is 1.74. The van der Waals surface area contributed by atoms with Gasteiger partial charge in [0.05, 0.1) is 12.9 Å². The summed E-state index contributed by atoms with van der Waals surface area (Å²) in [5.41, 5.74) is 1.97. The summed E-state index contributed by atoms with van der Waals surface area (Å²) in [6.07, 6.45) is 1.58. The number of aromatic nitrogens is 2. The van der Waals surface area contributed by atoms with Crippen LogP contribution >= 0.6 is 0 Å². The number of hydrogen-bond acceptors (Lipinski definition) is 4. The normalized spacial score (nSPS) is 10.6. The second-order valence-electron chi connectivity index (χ2n) is 5.35. The fraction of sp³-hybridized carbons (Fsp3) is 0.222. The number of amides is 1. The number of carbonyl (C=O) groups excluding carboxylic acids is 1. The minimum Gasteiger partial charge on any atom is -0.494 e. The maximum Gasteiger partial charge on any atom is 0.274 e. The summed E-state index contributed by atoms with van der Waals surface area (Å²) in [4.78, 5) is 14.2. The van der Waals surface area contributed by atoms with Crippen LogP contribution < -0.4 is 4.74 Å². The van der Waals surface area contributed by atoms with E-state index in [2.05, 4.69) is 10.2 Å². The molecule has 0 radical (unpaired) electrons. The summed E-state index contributed by atoms with van der Waals surface area (Å²) in [6.45, 7) is 2.96. The van der Waals surface area contributed by atoms with Crippen molar-refractivity contribution in [2.75, 3.05) is 13.7 Å². The number of hydrogen-bond donors (Lipinski definition) is 1. The number of nitrogens with one attached hydrogen (secondary N) is 1. The Labute approximate surface area is 140 Å². The number of ether oxygens (including phenoxy) is 1. The van der Waals surface area contributed by atoms with Gasteiger partial charge >= 0.3 is 0 Å². The third-order valence-corrected chi connectivity index (χ3v) is 3.61. The molecule has 0 unspecified atom stereocenters. The average Bonchev–Trinajstić information content (AvgIpc) is 3.27. The molecule has 3 aromatic rings. The van der Waals surface area contributed by atoms with Crippen LogP contribution in [0, 0.1) is 0 Å². The largest absolute Gasteiger partial charge is 0.494 e. The first-order chi connectivity index (χ1) is 11.7. The van der Waals surface area contributed by atoms with E-state index in [1.807, 2.05) is 37.3 Å². The molecule has 6 heteroatoms. The first-order valence-electron chi connectivity index (χ1n) is 7.74. The van der Waals surface area contributed by atoms with E-state index in [9.17, 15) is 4.79 Å². The minimum atomic E-state index is -0.171. The van der Waals surface area contributed by atoms with Crippen molar-refractivity contribution in [3.05, 3.63) is 60.0 Å². The van der Waals surface area contributed by atoms with Crippen molar-refractivity contribution in [3.8, 4) is 17.2 Å². The molecule has 0 fully saturated rings. The molecule has 1 aromatic carbocycles. The van der Waals surface area contributed by atoms with E-state index in [0.29, 0.717) is 30.3 Å². The molecule has 0 bridgehead atoms. The van der Waals surface area contributed by atoms with Gasteiger partial charge in [0.1, 0.15) is 11.4 Å². The number of nitrogens with zero attached hydrogens (tertiary/aromatic N) is 2. The van der Waals surface area contributed by atoms with Crippen molar-refractivity contribution in [1.82, 2.24) is 15.1 Å². The smallest absolute Gasteiger partial charge is 0.274 e. The molecule has 0 saturated heterocycles. The van der Waals surface area contributed by atoms with Crippen LogP contribution in [0.3, 0.4) is 0 Å². The quantitative estimate of drug-likeness (QED) is 0.754. The molecule has 24 heavy (non-hydrogen) atoms. The summed E-state index contributed by atoms with van der Waals surface area (Å²) in [5, 5.41) is 6.91. The van der Waals surface area contributed by atoms with E-state index in [1.165, 1.54) is 0 Å². The van der Waals surface area contributed by atoms with E-state index in [0.717, 1.165) is 11.3 Å². The Morgan fingerprint density at radius 3 is 2.88 bits per heavy atom. The highest BCUT2D eigenvalue weighted by atomic mass is 16.5. The molecule has 2 heterocycles. The zero-order chi connectivity index (χ0) is 16.9. The molecular weight excluding hydrogens is 306 g/mol. The van der Waals surface area contributed by atoms with E-state index in [4.69, 9.17) is 9.15 Å². The second-order valence-corrected chi connectivity index (χ2v) is 5.35. The van der Waals surface area contributed by atoms with Crippen LogP contribution in [-0.2, 0) is 6.54 Å². The minimum absolute atomic E-state index is 0.171. The molecular formula is C18H19N3O3. The van der Waals surface area contributed by atoms with Crippen LogP contribution in [-0.4, -0.2) is 34.7 Å². The lowest BCUT2D eigenvalue weighted by molar-refractivity contribution is 0.0778. The van der Waals surface area contributed by atoms with Crippen LogP contribution in [0.4, 0.5) is 0 Å². The van der Waals surface area contributed by atoms with Crippen molar-refractivity contribution < 1.29 is 13.9 Å². The van der Waals surface area contributed by atoms with Gasteiger partial charge in [-0.2, -0.15) is 5.10 Å². The maximum atomic E-state index is 12.6. The van der Waals surface area contributed by atoms with Crippen molar-refractivity contribution in [1.29, 1.82) is 0 Å². The first kappa shape index (κ1) is 15.9. The lowest BCUT2D eigenvalue weighted by atomic mass is 10.2. The van der Waals surface area contributed by atoms with Gasteiger partial charge in [-0.3, -0.25) is 9.89 Å². The third kappa shape index (κ3) is 3.32. The number of benzene rings is 1. The highest BCUT2D eigenvalue weighted by Gasteiger charge is 2.18. The van der Waals surface area contributed by atoms with Crippen molar-refractivity contribution in [3.63, 3.8) is 0 Å². The molecule has 0 aliphatic heterocycles. The van der Waals surface area contributed by atoms with Crippen molar-refractivity contribution >= 4 is 5.91 Å². The Morgan fingerprint density at radius 1 is 1.29 bits per heavy atom. The van der Waals surface area contributed by atoms with Crippen molar-refractivity contribution in [2.24, 2.45) is 0 Å². The Bertz CT molecular complexity index is 809. The van der Waals surface area contributed by atoms with Gasteiger partial charge < -0.3 is 14.1 Å². The molecule has 2 aromatic heterocycles. The molecule has 6 nitrogen and oxygen atoms in total. The summed E-state index contributed by atoms with van der Waals surface area (Å²) in [6, 6.07) is 13.0. The first-order valence-corrected chi connectivity index (χ1v) is 7.74. The predicted molar refractivity (Wildman–Crippen MR) is 89.7 cm³/mol. The standard InChI is InChI=1S/C18H19N3O3/c1-3-23-16-8-5-4-7-13(16)12-21(2)18(22)15-11-14(19-20-15)17-9-6-10-24-17/h4-11H,3,12H2,1-2H3,(H,19,20). The van der Waals surface area contributed by atoms with Crippen LogP contribution in [0.15, 0.2) is 53.1 Å². The number of para-hydroxylation sites is 1. The average molecular weight is 325 g/mol. The SMILES string of the molecule is CCOc1ccccc1CN(C)C(=O)c1cc(-c2ccco2)[nH]n1. The molecule has 0 saturated carbocycles. The Hall–Kier alpha value is -3.02. The number of carbonyl (C=O) groups is 1. The topological polar surface area (TPSA) is 71.4 Å². The molecule has 1 N–H and O–H groups in total. The van der Waals surface area contributed by atoms with E-state index in [-0.39, 0.29) is 5.91 Å². The number of rotatable bonds is 6. The summed E-state index contributed by atoms with van der Waals surface area (Å²) >= 11 is 0. The van der Waals surface area contributed by atoms with Crippen LogP contribution in [0.5, 0.6) is 5.75 Å². The number of furan rings is 1. The zero-order valence-corrected chi connectivity index (χ0v) is 13.7. The van der Waals surface area contributed by atoms with Gasteiger partial charge in [-0.15, -0.1) is 0 Å². The maximum absolute atomic E-state index is 12.6. The van der Waals surface area contributed by atoms with E-state index in [1.54, 1.807) is 30.3 Å². The van der Waals surface area contributed by atoms with Crippen LogP contribution in [0.1, 0.15) is 23.0 Å². The highest BCUT2D eigenvalue weighted by Crippen LogP contribution is 2.21. The van der Waals surface area contributed by atoms with Crippen LogP contribution in [0.2, 0.25) is 0 Å². The predicted octanol–water partition coefficient (Wildman–Crippen LogP) is 3.34. The Balaban J connectivity index is 1.73. The van der Waals surface area contributed by atoms with Gasteiger partial charge in [0, 0.05) is 25.2 Å². The molecule has 1 amide bonds. The van der Waals surface area contributed by atoms with Gasteiger partial charge in [0.2, 0.25) is 0 Å². The van der Waals surface area contributed by atoms with Gasteiger partial charge in [-0.05, 0) is 25.1 Å². The lowest BCUT2D eigenvalue weighted by Gasteiger charge is -2.18. The molecule has 124 valence electrons. The lowest BCUT2D eigenvalue weighted by Crippen LogP contribution is -2.26. The van der Waals surface area contributed by atoms with Gasteiger partial charge in [0.15, 0.2) is 11.5 Å². The fourth-order valence-electron chi connectivity index (χ4n) is 2.44. The third-order valence-electron chi connectivity index (χ3n) is 3.61. The van der Waals surface area contributed by atoms with E-state index >= 15 is 0 Å². The Morgan fingerprint density at radius 2 is 2.12 bits per heavy atom. The second kappa shape index (κ2) is 7.04. The summed E-state index contributed by atoms with van der Waals surface area (Å²) < 4.78 is 10.9. The molecule has 0 atom stereocenters. The molecule has 3 rings (SSSR count). The van der Waals surface area contributed by atoms with Gasteiger partial charge in [-0.1, -0.05) is 18.2 Å². The summed E-state index contributed by atoms with van der Waals surface area (Å²) in [5.74, 6) is 1.26. The zero-order valence-electron chi connectivity index (χ0n) is 13.7. The van der Waals surface area contributed by atoms with Gasteiger partial charge in [0.25, 0.3) is 5.91 Å². The molecule has 0 aliphatic rings. The molecule has 0 aliphatic carbocycles. The number of aromatic amines is 1. The van der Waals surface area contributed by atoms with E-state index < -0.39 is 0 Å². The number of H-pyrrole nitrogens is 1. The Kier molecular flexibility index (Phi) is 4.65. The van der Waals surface area contributed by atoms with Gasteiger partial charge in [-0.25, -0.2) is 0 Å².